The SMILES string of the molecule is CCC(C)OC(=O)C(O)c1cccc(C(F)(F)F)c1. The quantitative estimate of drug-likeness (QED) is 0.860. The maximum Gasteiger partial charge on any atom is 0.416 e. The molecule has 1 N–H and O–H groups in total. The van der Waals surface area contributed by atoms with Gasteiger partial charge in [-0.1, -0.05) is 19.1 Å². The second-order valence-corrected chi connectivity index (χ2v) is 4.18. The number of halogens is 3. The molecule has 0 radical (unpaired) electrons. The summed E-state index contributed by atoms with van der Waals surface area (Å²) in [7, 11) is 0. The van der Waals surface area contributed by atoms with Crippen LogP contribution in [0, 0.1) is 0 Å². The Bertz CT molecular complexity index is 443. The van der Waals surface area contributed by atoms with Crippen molar-refractivity contribution in [3.8, 4) is 0 Å². The standard InChI is InChI=1S/C13H15F3O3/c1-3-8(2)19-12(18)11(17)9-5-4-6-10(7-9)13(14,15)16/h4-8,11,17H,3H2,1-2H3. The molecule has 0 saturated carbocycles. The lowest BCUT2D eigenvalue weighted by Crippen LogP contribution is -2.21. The number of hydrogen-bond acceptors (Lipinski definition) is 3. The van der Waals surface area contributed by atoms with Crippen LogP contribution in [0.3, 0.4) is 0 Å². The van der Waals surface area contributed by atoms with Crippen LogP contribution in [0.15, 0.2) is 24.3 Å². The number of ether oxygens (including phenoxy) is 1. The summed E-state index contributed by atoms with van der Waals surface area (Å²) >= 11 is 0. The van der Waals surface area contributed by atoms with E-state index in [1.165, 1.54) is 6.07 Å². The molecule has 1 aromatic rings. The summed E-state index contributed by atoms with van der Waals surface area (Å²) in [5, 5.41) is 9.68. The Kier molecular flexibility index (Phi) is 4.94. The van der Waals surface area contributed by atoms with Gasteiger partial charge in [-0.15, -0.1) is 0 Å². The molecule has 0 aromatic heterocycles. The molecule has 2 unspecified atom stereocenters. The smallest absolute Gasteiger partial charge is 0.416 e. The largest absolute Gasteiger partial charge is 0.461 e. The lowest BCUT2D eigenvalue weighted by Gasteiger charge is -2.16. The maximum atomic E-state index is 12.5. The fraction of sp³-hybridized carbons (Fsp3) is 0.462. The topological polar surface area (TPSA) is 46.5 Å². The van der Waals surface area contributed by atoms with Gasteiger partial charge in [-0.25, -0.2) is 4.79 Å². The van der Waals surface area contributed by atoms with E-state index in [0.717, 1.165) is 18.2 Å². The Labute approximate surface area is 109 Å². The highest BCUT2D eigenvalue weighted by molar-refractivity contribution is 5.76. The van der Waals surface area contributed by atoms with Crippen LogP contribution in [0.25, 0.3) is 0 Å². The molecule has 0 amide bonds. The molecule has 0 spiro atoms. The number of alkyl halides is 3. The Morgan fingerprint density at radius 3 is 2.58 bits per heavy atom. The number of hydrogen-bond donors (Lipinski definition) is 1. The molecule has 1 rings (SSSR count). The van der Waals surface area contributed by atoms with E-state index in [2.05, 4.69) is 0 Å². The number of carbonyl (C=O) groups excluding carboxylic acids is 1. The fourth-order valence-corrected chi connectivity index (χ4v) is 1.37. The fourth-order valence-electron chi connectivity index (χ4n) is 1.37. The van der Waals surface area contributed by atoms with Crippen molar-refractivity contribution in [2.45, 2.75) is 38.7 Å². The van der Waals surface area contributed by atoms with Crippen LogP contribution in [0.2, 0.25) is 0 Å². The molecular weight excluding hydrogens is 261 g/mol. The zero-order valence-corrected chi connectivity index (χ0v) is 10.6. The van der Waals surface area contributed by atoms with Crippen molar-refractivity contribution in [2.24, 2.45) is 0 Å². The summed E-state index contributed by atoms with van der Waals surface area (Å²) in [6.07, 6.45) is -6.07. The summed E-state index contributed by atoms with van der Waals surface area (Å²) < 4.78 is 42.4. The molecule has 0 aliphatic carbocycles. The molecular formula is C13H15F3O3. The molecule has 6 heteroatoms. The maximum absolute atomic E-state index is 12.5. The van der Waals surface area contributed by atoms with Crippen molar-refractivity contribution in [3.63, 3.8) is 0 Å². The van der Waals surface area contributed by atoms with Gasteiger partial charge in [0.2, 0.25) is 0 Å². The van der Waals surface area contributed by atoms with Gasteiger partial charge in [0.15, 0.2) is 6.10 Å². The minimum Gasteiger partial charge on any atom is -0.461 e. The molecule has 106 valence electrons. The highest BCUT2D eigenvalue weighted by Crippen LogP contribution is 2.31. The molecule has 0 heterocycles. The number of rotatable bonds is 4. The third kappa shape index (κ3) is 4.24. The summed E-state index contributed by atoms with van der Waals surface area (Å²) in [6, 6.07) is 3.99. The molecule has 0 saturated heterocycles. The van der Waals surface area contributed by atoms with E-state index < -0.39 is 29.9 Å². The third-order valence-electron chi connectivity index (χ3n) is 2.65. The summed E-state index contributed by atoms with van der Waals surface area (Å²) in [4.78, 5) is 11.5. The Balaban J connectivity index is 2.88. The van der Waals surface area contributed by atoms with Crippen molar-refractivity contribution >= 4 is 5.97 Å². The molecule has 2 atom stereocenters. The van der Waals surface area contributed by atoms with Crippen molar-refractivity contribution < 1.29 is 27.8 Å². The molecule has 1 aromatic carbocycles. The van der Waals surface area contributed by atoms with Crippen LogP contribution in [0.5, 0.6) is 0 Å². The number of aliphatic hydroxyl groups is 1. The number of carbonyl (C=O) groups is 1. The van der Waals surface area contributed by atoms with Crippen LogP contribution >= 0.6 is 0 Å². The van der Waals surface area contributed by atoms with Gasteiger partial charge in [-0.3, -0.25) is 0 Å². The first-order valence-electron chi connectivity index (χ1n) is 5.81. The molecule has 3 nitrogen and oxygen atoms in total. The van der Waals surface area contributed by atoms with Gasteiger partial charge in [0.1, 0.15) is 0 Å². The van der Waals surface area contributed by atoms with Gasteiger partial charge in [0, 0.05) is 0 Å². The first-order valence-corrected chi connectivity index (χ1v) is 5.81. The first kappa shape index (κ1) is 15.5. The van der Waals surface area contributed by atoms with E-state index >= 15 is 0 Å². The average molecular weight is 276 g/mol. The van der Waals surface area contributed by atoms with E-state index in [0.29, 0.717) is 6.42 Å². The average Bonchev–Trinajstić information content (AvgIpc) is 2.36. The lowest BCUT2D eigenvalue weighted by molar-refractivity contribution is -0.159. The predicted octanol–water partition coefficient (Wildman–Crippen LogP) is 3.08. The van der Waals surface area contributed by atoms with E-state index in [1.807, 2.05) is 0 Å². The molecule has 0 aliphatic rings. The second-order valence-electron chi connectivity index (χ2n) is 4.18. The van der Waals surface area contributed by atoms with E-state index in [4.69, 9.17) is 4.74 Å². The normalized spacial score (nSPS) is 14.8. The van der Waals surface area contributed by atoms with E-state index in [1.54, 1.807) is 13.8 Å². The zero-order chi connectivity index (χ0) is 14.6. The molecule has 0 bridgehead atoms. The van der Waals surface area contributed by atoms with E-state index in [-0.39, 0.29) is 5.56 Å². The molecule has 0 aliphatic heterocycles. The number of esters is 1. The van der Waals surface area contributed by atoms with Crippen molar-refractivity contribution in [1.82, 2.24) is 0 Å². The van der Waals surface area contributed by atoms with Crippen LogP contribution in [0.1, 0.15) is 37.5 Å². The Hall–Kier alpha value is -1.56. The highest BCUT2D eigenvalue weighted by Gasteiger charge is 2.31. The van der Waals surface area contributed by atoms with Crippen LogP contribution in [-0.2, 0) is 15.7 Å². The van der Waals surface area contributed by atoms with Gasteiger partial charge < -0.3 is 9.84 Å². The minimum absolute atomic E-state index is 0.136. The van der Waals surface area contributed by atoms with Gasteiger partial charge in [0.05, 0.1) is 11.7 Å². The third-order valence-corrected chi connectivity index (χ3v) is 2.65. The minimum atomic E-state index is -4.52. The Morgan fingerprint density at radius 2 is 2.05 bits per heavy atom. The summed E-state index contributed by atoms with van der Waals surface area (Å²) in [6.45, 7) is 3.42. The highest BCUT2D eigenvalue weighted by atomic mass is 19.4. The van der Waals surface area contributed by atoms with Crippen LogP contribution in [-0.4, -0.2) is 17.2 Å². The summed E-state index contributed by atoms with van der Waals surface area (Å²) in [5.41, 5.74) is -1.05. The van der Waals surface area contributed by atoms with Crippen molar-refractivity contribution in [3.05, 3.63) is 35.4 Å². The number of benzene rings is 1. The number of aliphatic hydroxyl groups excluding tert-OH is 1. The van der Waals surface area contributed by atoms with Crippen molar-refractivity contribution in [2.75, 3.05) is 0 Å². The lowest BCUT2D eigenvalue weighted by atomic mass is 10.1. The molecule has 19 heavy (non-hydrogen) atoms. The first-order chi connectivity index (χ1) is 8.75. The van der Waals surface area contributed by atoms with Gasteiger partial charge >= 0.3 is 12.1 Å². The summed E-state index contributed by atoms with van der Waals surface area (Å²) in [5.74, 6) is -0.950. The second kappa shape index (κ2) is 6.06. The van der Waals surface area contributed by atoms with Crippen LogP contribution in [0.4, 0.5) is 13.2 Å². The Morgan fingerprint density at radius 1 is 1.42 bits per heavy atom. The van der Waals surface area contributed by atoms with Crippen LogP contribution < -0.4 is 0 Å². The van der Waals surface area contributed by atoms with Gasteiger partial charge in [-0.05, 0) is 31.0 Å². The zero-order valence-electron chi connectivity index (χ0n) is 10.6. The van der Waals surface area contributed by atoms with Gasteiger partial charge in [0.25, 0.3) is 0 Å². The van der Waals surface area contributed by atoms with Crippen molar-refractivity contribution in [1.29, 1.82) is 0 Å². The van der Waals surface area contributed by atoms with Gasteiger partial charge in [-0.2, -0.15) is 13.2 Å². The van der Waals surface area contributed by atoms with E-state index in [9.17, 15) is 23.1 Å². The molecule has 0 fully saturated rings. The predicted molar refractivity (Wildman–Crippen MR) is 62.2 cm³/mol. The monoisotopic (exact) mass is 276 g/mol.